The molecule has 0 radical (unpaired) electrons. The van der Waals surface area contributed by atoms with Crippen LogP contribution in [0.4, 0.5) is 0 Å². The minimum Gasteiger partial charge on any atom is -0.508 e. The first-order chi connectivity index (χ1) is 19.4. The van der Waals surface area contributed by atoms with Gasteiger partial charge in [0.15, 0.2) is 8.32 Å². The molecule has 0 aromatic heterocycles. The van der Waals surface area contributed by atoms with E-state index in [0.29, 0.717) is 31.6 Å². The van der Waals surface area contributed by atoms with Crippen molar-refractivity contribution >= 4 is 14.2 Å². The number of hydrogen-bond acceptors (Lipinski definition) is 5. The molecule has 0 spiro atoms. The molecule has 4 N–H and O–H groups in total. The first-order valence-corrected chi connectivity index (χ1v) is 17.6. The number of fused-ring (bicyclic) bond motifs is 1. The van der Waals surface area contributed by atoms with Crippen LogP contribution in [0, 0.1) is 0 Å². The summed E-state index contributed by atoms with van der Waals surface area (Å²) in [6, 6.07) is 22.2. The highest BCUT2D eigenvalue weighted by atomic mass is 28.4. The minimum absolute atomic E-state index is 0.0973. The van der Waals surface area contributed by atoms with Crippen molar-refractivity contribution in [3.05, 3.63) is 100 Å². The Kier molecular flexibility index (Phi) is 9.75. The van der Waals surface area contributed by atoms with E-state index in [1.54, 1.807) is 6.07 Å². The van der Waals surface area contributed by atoms with Crippen molar-refractivity contribution in [2.75, 3.05) is 6.54 Å². The molecule has 0 fully saturated rings. The summed E-state index contributed by atoms with van der Waals surface area (Å²) in [6.45, 7) is 12.3. The summed E-state index contributed by atoms with van der Waals surface area (Å²) in [6.07, 6.45) is 2.01. The van der Waals surface area contributed by atoms with Crippen LogP contribution in [0.15, 0.2) is 66.7 Å². The largest absolute Gasteiger partial charge is 0.508 e. The van der Waals surface area contributed by atoms with E-state index < -0.39 is 8.32 Å². The van der Waals surface area contributed by atoms with Crippen LogP contribution in [0.25, 0.3) is 0 Å². The fourth-order valence-electron chi connectivity index (χ4n) is 5.59. The van der Waals surface area contributed by atoms with E-state index in [-0.39, 0.29) is 35.3 Å². The van der Waals surface area contributed by atoms with Crippen molar-refractivity contribution in [3.8, 4) is 5.75 Å². The monoisotopic (exact) mass is 574 g/mol. The smallest absolute Gasteiger partial charge is 0.227 e. The van der Waals surface area contributed by atoms with Gasteiger partial charge in [0.1, 0.15) is 5.75 Å². The molecule has 0 saturated carbocycles. The van der Waals surface area contributed by atoms with Crippen molar-refractivity contribution in [2.45, 2.75) is 89.8 Å². The van der Waals surface area contributed by atoms with Gasteiger partial charge < -0.3 is 25.2 Å². The summed E-state index contributed by atoms with van der Waals surface area (Å²) in [5, 5.41) is 23.3. The zero-order valence-corrected chi connectivity index (χ0v) is 26.2. The van der Waals surface area contributed by atoms with Crippen LogP contribution >= 0.6 is 0 Å². The summed E-state index contributed by atoms with van der Waals surface area (Å²) >= 11 is 0. The molecule has 0 bridgehead atoms. The van der Waals surface area contributed by atoms with Gasteiger partial charge in [-0.1, -0.05) is 68.4 Å². The van der Waals surface area contributed by atoms with Crippen molar-refractivity contribution in [1.82, 2.24) is 10.2 Å². The molecular weight excluding hydrogens is 528 g/mol. The molecule has 3 aromatic rings. The predicted molar refractivity (Wildman–Crippen MR) is 167 cm³/mol. The summed E-state index contributed by atoms with van der Waals surface area (Å²) in [5.41, 5.74) is 6.26. The van der Waals surface area contributed by atoms with E-state index in [9.17, 15) is 19.8 Å². The molecule has 0 aliphatic carbocycles. The number of aliphatic hydroxyl groups excluding tert-OH is 1. The summed E-state index contributed by atoms with van der Waals surface area (Å²) in [5.74, 6) is 0.354. The second-order valence-corrected chi connectivity index (χ2v) is 17.4. The summed E-state index contributed by atoms with van der Waals surface area (Å²) in [4.78, 5) is 26.0. The highest BCUT2D eigenvalue weighted by Crippen LogP contribution is 2.44. The third kappa shape index (κ3) is 7.86. The van der Waals surface area contributed by atoms with Gasteiger partial charge in [-0.3, -0.25) is 4.79 Å². The number of aliphatic hydroxyl groups is 1. The third-order valence-electron chi connectivity index (χ3n) is 8.95. The van der Waals surface area contributed by atoms with Crippen LogP contribution in [-0.2, 0) is 37.3 Å². The van der Waals surface area contributed by atoms with Gasteiger partial charge in [0.2, 0.25) is 5.91 Å². The average Bonchev–Trinajstić information content (AvgIpc) is 3.36. The van der Waals surface area contributed by atoms with Gasteiger partial charge in [0, 0.05) is 31.2 Å². The number of amides is 1. The normalized spacial score (nSPS) is 15.0. The molecule has 1 heterocycles. The van der Waals surface area contributed by atoms with Gasteiger partial charge in [-0.05, 0) is 83.8 Å². The van der Waals surface area contributed by atoms with Crippen molar-refractivity contribution in [2.24, 2.45) is 0 Å². The van der Waals surface area contributed by atoms with Gasteiger partial charge in [-0.25, -0.2) is 0 Å². The molecule has 1 amide bonds. The Balaban J connectivity index is 1.39. The fraction of sp³-hybridized carbons (Fsp3) is 0.441. The SMILES string of the molecule is C[C@H](Cc1cccc(CC(=O)N2Cc3ccccc3C2)c1)NC[C@H](CC(C)(C)[Si](C)(C)O)c1ccc(O)c(CO)c1. The van der Waals surface area contributed by atoms with Gasteiger partial charge in [0.05, 0.1) is 13.0 Å². The molecular formula is C34H46N2O4Si. The molecule has 41 heavy (non-hydrogen) atoms. The van der Waals surface area contributed by atoms with E-state index in [1.807, 2.05) is 54.4 Å². The maximum atomic E-state index is 13.0. The Morgan fingerprint density at radius 3 is 2.29 bits per heavy atom. The summed E-state index contributed by atoms with van der Waals surface area (Å²) < 4.78 is 0. The summed E-state index contributed by atoms with van der Waals surface area (Å²) in [7, 11) is -2.44. The Labute approximate surface area is 246 Å². The highest BCUT2D eigenvalue weighted by molar-refractivity contribution is 6.72. The number of hydrogen-bond donors (Lipinski definition) is 4. The lowest BCUT2D eigenvalue weighted by Crippen LogP contribution is -2.41. The molecule has 0 saturated heterocycles. The van der Waals surface area contributed by atoms with Crippen LogP contribution in [-0.4, -0.2) is 46.7 Å². The van der Waals surface area contributed by atoms with Crippen LogP contribution in [0.3, 0.4) is 0 Å². The predicted octanol–water partition coefficient (Wildman–Crippen LogP) is 5.64. The number of nitrogens with one attached hydrogen (secondary N) is 1. The van der Waals surface area contributed by atoms with Crippen molar-refractivity contribution < 1.29 is 19.8 Å². The molecule has 4 rings (SSSR count). The highest BCUT2D eigenvalue weighted by Gasteiger charge is 2.40. The number of phenols is 1. The minimum atomic E-state index is -2.44. The lowest BCUT2D eigenvalue weighted by molar-refractivity contribution is -0.131. The van der Waals surface area contributed by atoms with Crippen LogP contribution in [0.1, 0.15) is 66.5 Å². The average molecular weight is 575 g/mol. The molecule has 1 aliphatic heterocycles. The molecule has 0 unspecified atom stereocenters. The van der Waals surface area contributed by atoms with E-state index in [1.165, 1.54) is 16.7 Å². The Bertz CT molecular complexity index is 1330. The Morgan fingerprint density at radius 2 is 1.66 bits per heavy atom. The van der Waals surface area contributed by atoms with Crippen molar-refractivity contribution in [1.29, 1.82) is 0 Å². The Morgan fingerprint density at radius 1 is 1.00 bits per heavy atom. The van der Waals surface area contributed by atoms with E-state index in [2.05, 4.69) is 50.4 Å². The van der Waals surface area contributed by atoms with Crippen molar-refractivity contribution in [3.63, 3.8) is 0 Å². The molecule has 1 aliphatic rings. The second-order valence-electron chi connectivity index (χ2n) is 12.9. The maximum absolute atomic E-state index is 13.0. The van der Waals surface area contributed by atoms with E-state index >= 15 is 0 Å². The zero-order valence-electron chi connectivity index (χ0n) is 25.2. The second kappa shape index (κ2) is 12.9. The molecule has 220 valence electrons. The number of aromatic hydroxyl groups is 1. The van der Waals surface area contributed by atoms with Gasteiger partial charge in [-0.15, -0.1) is 0 Å². The van der Waals surface area contributed by atoms with E-state index in [0.717, 1.165) is 24.0 Å². The molecule has 3 aromatic carbocycles. The lowest BCUT2D eigenvalue weighted by Gasteiger charge is -2.38. The number of nitrogens with zero attached hydrogens (tertiary/aromatic N) is 1. The number of rotatable bonds is 12. The first kappa shape index (κ1) is 31.0. The quantitative estimate of drug-likeness (QED) is 0.210. The topological polar surface area (TPSA) is 93.0 Å². The van der Waals surface area contributed by atoms with Gasteiger partial charge in [0.25, 0.3) is 0 Å². The number of carbonyl (C=O) groups is 1. The van der Waals surface area contributed by atoms with Gasteiger partial charge >= 0.3 is 0 Å². The Hall–Kier alpha value is -2.97. The standard InChI is InChI=1S/C34H46N2O4Si/c1-24(35-20-31(19-34(2,3)41(4,5)40)27-13-14-32(38)30(18-27)23-37)15-25-9-8-10-26(16-25)17-33(39)36-21-28-11-6-7-12-29(28)22-36/h6-14,16,18,24,31,35,37-38,40H,15,17,19-23H2,1-5H3/t24-,31+/m1/s1. The first-order valence-electron chi connectivity index (χ1n) is 14.7. The molecule has 6 nitrogen and oxygen atoms in total. The van der Waals surface area contributed by atoms with E-state index in [4.69, 9.17) is 0 Å². The van der Waals surface area contributed by atoms with Crippen LogP contribution in [0.5, 0.6) is 5.75 Å². The number of carbonyl (C=O) groups excluding carboxylic acids is 1. The maximum Gasteiger partial charge on any atom is 0.227 e. The number of benzene rings is 3. The molecule has 7 heteroatoms. The lowest BCUT2D eigenvalue weighted by atomic mass is 9.88. The fourth-order valence-corrected chi connectivity index (χ4v) is 6.34. The van der Waals surface area contributed by atoms with Gasteiger partial charge in [-0.2, -0.15) is 0 Å². The third-order valence-corrected chi connectivity index (χ3v) is 12.5. The zero-order chi connectivity index (χ0) is 29.8. The van der Waals surface area contributed by atoms with Crippen LogP contribution in [0.2, 0.25) is 18.1 Å². The molecule has 2 atom stereocenters. The van der Waals surface area contributed by atoms with Crippen LogP contribution < -0.4 is 5.32 Å².